The van der Waals surface area contributed by atoms with E-state index in [-0.39, 0.29) is 18.1 Å². The third-order valence-electron chi connectivity index (χ3n) is 4.55. The second kappa shape index (κ2) is 5.09. The minimum atomic E-state index is -0.178. The summed E-state index contributed by atoms with van der Waals surface area (Å²) in [5.41, 5.74) is 1.74. The Kier molecular flexibility index (Phi) is 3.42. The van der Waals surface area contributed by atoms with Crippen molar-refractivity contribution in [3.8, 4) is 5.75 Å². The molecule has 0 radical (unpaired) electrons. The highest BCUT2D eigenvalue weighted by atomic mass is 16.5. The van der Waals surface area contributed by atoms with Crippen molar-refractivity contribution >= 4 is 5.91 Å². The molecule has 0 bridgehead atoms. The van der Waals surface area contributed by atoms with Crippen LogP contribution in [-0.2, 0) is 0 Å². The van der Waals surface area contributed by atoms with Crippen LogP contribution < -0.4 is 10.1 Å². The van der Waals surface area contributed by atoms with Gasteiger partial charge in [0.05, 0.1) is 11.7 Å². The number of benzene rings is 1. The van der Waals surface area contributed by atoms with E-state index < -0.39 is 0 Å². The average Bonchev–Trinajstić information content (AvgIpc) is 2.69. The van der Waals surface area contributed by atoms with Crippen molar-refractivity contribution in [1.82, 2.24) is 5.32 Å². The third kappa shape index (κ3) is 2.29. The Bertz CT molecular complexity index is 522. The van der Waals surface area contributed by atoms with Gasteiger partial charge >= 0.3 is 0 Å². The summed E-state index contributed by atoms with van der Waals surface area (Å²) in [7, 11) is 0. The van der Waals surface area contributed by atoms with E-state index in [1.807, 2.05) is 25.1 Å². The maximum absolute atomic E-state index is 12.3. The lowest BCUT2D eigenvalue weighted by Crippen LogP contribution is -2.38. The molecule has 2 N–H and O–H groups in total. The number of aliphatic hydroxyl groups excluding tert-OH is 1. The lowest BCUT2D eigenvalue weighted by molar-refractivity contribution is 0.0420. The number of ether oxygens (including phenoxy) is 1. The first-order valence-corrected chi connectivity index (χ1v) is 7.32. The Morgan fingerprint density at radius 2 is 2.15 bits per heavy atom. The molecule has 20 heavy (non-hydrogen) atoms. The number of nitrogens with one attached hydrogen (secondary N) is 1. The van der Waals surface area contributed by atoms with Crippen molar-refractivity contribution < 1.29 is 14.6 Å². The first kappa shape index (κ1) is 13.4. The van der Waals surface area contributed by atoms with Crippen molar-refractivity contribution in [3.63, 3.8) is 0 Å². The highest BCUT2D eigenvalue weighted by Crippen LogP contribution is 2.40. The standard InChI is InChI=1S/C16H21NO3/c1-9-10(2)20-15-13(9)4-3-5-14(15)16(19)17-8-11-6-12(18)7-11/h3-5,9-12,18H,6-8H2,1-2H3,(H,17,19). The van der Waals surface area contributed by atoms with Crippen LogP contribution in [0.25, 0.3) is 0 Å². The first-order chi connectivity index (χ1) is 9.56. The molecular weight excluding hydrogens is 254 g/mol. The van der Waals surface area contributed by atoms with Crippen LogP contribution in [0.15, 0.2) is 18.2 Å². The Hall–Kier alpha value is -1.55. The van der Waals surface area contributed by atoms with E-state index in [0.717, 1.165) is 24.2 Å². The number of aliphatic hydroxyl groups is 1. The number of rotatable bonds is 3. The van der Waals surface area contributed by atoms with Crippen molar-refractivity contribution in [1.29, 1.82) is 0 Å². The number of amides is 1. The van der Waals surface area contributed by atoms with E-state index in [9.17, 15) is 9.90 Å². The van der Waals surface area contributed by atoms with E-state index in [1.54, 1.807) is 0 Å². The highest BCUT2D eigenvalue weighted by molar-refractivity contribution is 5.97. The van der Waals surface area contributed by atoms with Crippen LogP contribution in [0.4, 0.5) is 0 Å². The number of carbonyl (C=O) groups is 1. The summed E-state index contributed by atoms with van der Waals surface area (Å²) in [6, 6.07) is 5.76. The van der Waals surface area contributed by atoms with Gasteiger partial charge in [-0.25, -0.2) is 0 Å². The highest BCUT2D eigenvalue weighted by Gasteiger charge is 2.32. The molecule has 1 aromatic rings. The van der Waals surface area contributed by atoms with Gasteiger partial charge in [-0.1, -0.05) is 19.1 Å². The van der Waals surface area contributed by atoms with Crippen LogP contribution in [0.3, 0.4) is 0 Å². The van der Waals surface area contributed by atoms with Gasteiger partial charge in [0.1, 0.15) is 11.9 Å². The normalized spacial score (nSPS) is 31.1. The molecule has 0 saturated heterocycles. The summed E-state index contributed by atoms with van der Waals surface area (Å²) in [5, 5.41) is 12.2. The van der Waals surface area contributed by atoms with Crippen LogP contribution in [0.2, 0.25) is 0 Å². The van der Waals surface area contributed by atoms with Gasteiger partial charge in [-0.15, -0.1) is 0 Å². The number of hydrogen-bond acceptors (Lipinski definition) is 3. The molecule has 4 nitrogen and oxygen atoms in total. The summed E-state index contributed by atoms with van der Waals surface area (Å²) in [6.45, 7) is 4.78. The minimum absolute atomic E-state index is 0.0791. The maximum Gasteiger partial charge on any atom is 0.255 e. The molecule has 1 amide bonds. The quantitative estimate of drug-likeness (QED) is 0.888. The number of hydrogen-bond donors (Lipinski definition) is 2. The second-order valence-electron chi connectivity index (χ2n) is 6.04. The molecule has 1 heterocycles. The van der Waals surface area contributed by atoms with Gasteiger partial charge in [0.2, 0.25) is 0 Å². The smallest absolute Gasteiger partial charge is 0.255 e. The number of carbonyl (C=O) groups excluding carboxylic acids is 1. The first-order valence-electron chi connectivity index (χ1n) is 7.32. The largest absolute Gasteiger partial charge is 0.489 e. The fourth-order valence-corrected chi connectivity index (χ4v) is 2.96. The monoisotopic (exact) mass is 275 g/mol. The van der Waals surface area contributed by atoms with Crippen molar-refractivity contribution in [2.45, 2.75) is 44.8 Å². The van der Waals surface area contributed by atoms with Gasteiger partial charge in [-0.2, -0.15) is 0 Å². The van der Waals surface area contributed by atoms with Crippen molar-refractivity contribution in [2.75, 3.05) is 6.54 Å². The van der Waals surface area contributed by atoms with Crippen molar-refractivity contribution in [3.05, 3.63) is 29.3 Å². The molecule has 1 aliphatic heterocycles. The van der Waals surface area contributed by atoms with Crippen molar-refractivity contribution in [2.24, 2.45) is 5.92 Å². The summed E-state index contributed by atoms with van der Waals surface area (Å²) in [5.74, 6) is 1.38. The molecule has 0 aromatic heterocycles. The van der Waals surface area contributed by atoms with E-state index in [1.165, 1.54) is 0 Å². The predicted octanol–water partition coefficient (Wildman–Crippen LogP) is 2.07. The van der Waals surface area contributed by atoms with Gasteiger partial charge in [-0.3, -0.25) is 4.79 Å². The Balaban J connectivity index is 1.70. The van der Waals surface area contributed by atoms with Crippen LogP contribution >= 0.6 is 0 Å². The molecule has 2 unspecified atom stereocenters. The molecule has 4 heteroatoms. The van der Waals surface area contributed by atoms with Gasteiger partial charge < -0.3 is 15.2 Å². The summed E-state index contributed by atoms with van der Waals surface area (Å²) >= 11 is 0. The van der Waals surface area contributed by atoms with Crippen LogP contribution in [0, 0.1) is 5.92 Å². The van der Waals surface area contributed by atoms with E-state index in [4.69, 9.17) is 4.74 Å². The zero-order valence-electron chi connectivity index (χ0n) is 11.9. The summed E-state index contributed by atoms with van der Waals surface area (Å²) in [4.78, 5) is 12.3. The molecule has 1 aliphatic carbocycles. The molecule has 0 spiro atoms. The Morgan fingerprint density at radius 3 is 2.85 bits per heavy atom. The SMILES string of the molecule is CC1Oc2c(C(=O)NCC3CC(O)C3)cccc2C1C. The topological polar surface area (TPSA) is 58.6 Å². The summed E-state index contributed by atoms with van der Waals surface area (Å²) < 4.78 is 5.83. The number of para-hydroxylation sites is 1. The number of fused-ring (bicyclic) bond motifs is 1. The van der Waals surface area contributed by atoms with Gasteiger partial charge in [0.25, 0.3) is 5.91 Å². The lowest BCUT2D eigenvalue weighted by Gasteiger charge is -2.31. The van der Waals surface area contributed by atoms with E-state index >= 15 is 0 Å². The van der Waals surface area contributed by atoms with Gasteiger partial charge in [0.15, 0.2) is 0 Å². The average molecular weight is 275 g/mol. The fourth-order valence-electron chi connectivity index (χ4n) is 2.96. The molecule has 2 atom stereocenters. The molecule has 1 fully saturated rings. The van der Waals surface area contributed by atoms with Gasteiger partial charge in [-0.05, 0) is 31.7 Å². The minimum Gasteiger partial charge on any atom is -0.489 e. The molecule has 2 aliphatic rings. The Morgan fingerprint density at radius 1 is 1.40 bits per heavy atom. The van der Waals surface area contributed by atoms with Crippen LogP contribution in [-0.4, -0.2) is 29.8 Å². The molecule has 3 rings (SSSR count). The molecule has 1 aromatic carbocycles. The predicted molar refractivity (Wildman–Crippen MR) is 76.0 cm³/mol. The molecule has 1 saturated carbocycles. The van der Waals surface area contributed by atoms with Gasteiger partial charge in [0, 0.05) is 18.0 Å². The second-order valence-corrected chi connectivity index (χ2v) is 6.04. The maximum atomic E-state index is 12.3. The zero-order chi connectivity index (χ0) is 14.3. The van der Waals surface area contributed by atoms with E-state index in [0.29, 0.717) is 23.9 Å². The lowest BCUT2D eigenvalue weighted by atomic mass is 9.82. The fraction of sp³-hybridized carbons (Fsp3) is 0.562. The molecule has 108 valence electrons. The van der Waals surface area contributed by atoms with Crippen LogP contribution in [0.5, 0.6) is 5.75 Å². The third-order valence-corrected chi connectivity index (χ3v) is 4.55. The zero-order valence-corrected chi connectivity index (χ0v) is 11.9. The van der Waals surface area contributed by atoms with Crippen LogP contribution in [0.1, 0.15) is 48.5 Å². The molecular formula is C16H21NO3. The van der Waals surface area contributed by atoms with E-state index in [2.05, 4.69) is 12.2 Å². The summed E-state index contributed by atoms with van der Waals surface area (Å²) in [6.07, 6.45) is 1.51. The Labute approximate surface area is 119 Å².